The van der Waals surface area contributed by atoms with Crippen molar-refractivity contribution in [2.45, 2.75) is 41.0 Å². The van der Waals surface area contributed by atoms with Crippen molar-refractivity contribution in [1.29, 1.82) is 0 Å². The lowest BCUT2D eigenvalue weighted by Crippen LogP contribution is -2.16. The first-order valence-corrected chi connectivity index (χ1v) is 10.4. The zero-order chi connectivity index (χ0) is 22.5. The predicted octanol–water partition coefficient (Wildman–Crippen LogP) is 5.21. The van der Waals surface area contributed by atoms with Crippen molar-refractivity contribution in [2.75, 3.05) is 13.2 Å². The van der Waals surface area contributed by atoms with Gasteiger partial charge in [-0.3, -0.25) is 9.59 Å². The van der Waals surface area contributed by atoms with Crippen molar-refractivity contribution in [2.24, 2.45) is 0 Å². The molecule has 0 fully saturated rings. The highest BCUT2D eigenvalue weighted by atomic mass is 16.5. The van der Waals surface area contributed by atoms with Gasteiger partial charge in [-0.2, -0.15) is 0 Å². The van der Waals surface area contributed by atoms with E-state index >= 15 is 0 Å². The van der Waals surface area contributed by atoms with E-state index in [1.54, 1.807) is 0 Å². The Balaban J connectivity index is 1.59. The first-order chi connectivity index (χ1) is 14.8. The number of nitrogens with zero attached hydrogens (tertiary/aromatic N) is 1. The molecule has 0 aliphatic carbocycles. The minimum absolute atomic E-state index is 0.0866. The van der Waals surface area contributed by atoms with Gasteiger partial charge in [-0.25, -0.2) is 0 Å². The average molecular weight is 420 g/mol. The zero-order valence-corrected chi connectivity index (χ0v) is 18.8. The highest BCUT2D eigenvalue weighted by Gasteiger charge is 2.18. The Bertz CT molecular complexity index is 1110. The SMILES string of the molecule is Cc1ccc(-n2c(C)cc(C(=O)COC(=O)CCOc3ccccc3C)c2C)cc1C. The second-order valence-electron chi connectivity index (χ2n) is 7.84. The number of hydrogen-bond acceptors (Lipinski definition) is 4. The Morgan fingerprint density at radius 1 is 0.871 bits per heavy atom. The number of benzene rings is 2. The van der Waals surface area contributed by atoms with Crippen molar-refractivity contribution >= 4 is 11.8 Å². The Morgan fingerprint density at radius 2 is 1.61 bits per heavy atom. The van der Waals surface area contributed by atoms with Crippen LogP contribution in [0.2, 0.25) is 0 Å². The average Bonchev–Trinajstić information content (AvgIpc) is 3.04. The summed E-state index contributed by atoms with van der Waals surface area (Å²) < 4.78 is 12.9. The van der Waals surface area contributed by atoms with Gasteiger partial charge in [0.2, 0.25) is 5.78 Å². The van der Waals surface area contributed by atoms with Crippen molar-refractivity contribution in [3.63, 3.8) is 0 Å². The molecule has 0 atom stereocenters. The van der Waals surface area contributed by atoms with Gasteiger partial charge in [0, 0.05) is 22.6 Å². The molecule has 1 heterocycles. The number of rotatable bonds is 8. The fourth-order valence-corrected chi connectivity index (χ4v) is 3.57. The van der Waals surface area contributed by atoms with Crippen LogP contribution in [0, 0.1) is 34.6 Å². The molecule has 3 aromatic rings. The first kappa shape index (κ1) is 22.3. The van der Waals surface area contributed by atoms with Crippen molar-refractivity contribution in [1.82, 2.24) is 4.57 Å². The molecular weight excluding hydrogens is 390 g/mol. The van der Waals surface area contributed by atoms with Crippen LogP contribution in [0.5, 0.6) is 5.75 Å². The molecule has 1 aromatic heterocycles. The van der Waals surface area contributed by atoms with Crippen molar-refractivity contribution < 1.29 is 19.1 Å². The second kappa shape index (κ2) is 9.65. The molecule has 0 aliphatic rings. The van der Waals surface area contributed by atoms with E-state index in [2.05, 4.69) is 30.5 Å². The monoisotopic (exact) mass is 419 g/mol. The third kappa shape index (κ3) is 5.23. The summed E-state index contributed by atoms with van der Waals surface area (Å²) >= 11 is 0. The van der Waals surface area contributed by atoms with E-state index in [9.17, 15) is 9.59 Å². The molecule has 2 aromatic carbocycles. The molecule has 0 aliphatic heterocycles. The van der Waals surface area contributed by atoms with E-state index in [1.807, 2.05) is 57.2 Å². The molecule has 0 saturated carbocycles. The lowest BCUT2D eigenvalue weighted by Gasteiger charge is -2.12. The van der Waals surface area contributed by atoms with Gasteiger partial charge in [-0.15, -0.1) is 0 Å². The number of ether oxygens (including phenoxy) is 2. The summed E-state index contributed by atoms with van der Waals surface area (Å²) in [6, 6.07) is 15.7. The van der Waals surface area contributed by atoms with Crippen LogP contribution in [0.1, 0.15) is 44.9 Å². The fraction of sp³-hybridized carbons (Fsp3) is 0.308. The van der Waals surface area contributed by atoms with Gasteiger partial charge in [0.15, 0.2) is 6.61 Å². The molecule has 0 amide bonds. The lowest BCUT2D eigenvalue weighted by molar-refractivity contribution is -0.143. The first-order valence-electron chi connectivity index (χ1n) is 10.4. The van der Waals surface area contributed by atoms with Gasteiger partial charge in [-0.1, -0.05) is 24.3 Å². The fourth-order valence-electron chi connectivity index (χ4n) is 3.57. The number of aromatic nitrogens is 1. The number of carbonyl (C=O) groups excluding carboxylic acids is 2. The molecule has 31 heavy (non-hydrogen) atoms. The molecule has 0 spiro atoms. The third-order valence-corrected chi connectivity index (χ3v) is 5.50. The maximum absolute atomic E-state index is 12.7. The molecule has 0 saturated heterocycles. The van der Waals surface area contributed by atoms with Crippen LogP contribution in [-0.2, 0) is 9.53 Å². The molecule has 0 N–H and O–H groups in total. The van der Waals surface area contributed by atoms with Gasteiger partial charge in [0.1, 0.15) is 5.75 Å². The summed E-state index contributed by atoms with van der Waals surface area (Å²) in [4.78, 5) is 24.7. The summed E-state index contributed by atoms with van der Waals surface area (Å²) in [6.45, 7) is 9.90. The number of para-hydroxylation sites is 1. The topological polar surface area (TPSA) is 57.5 Å². The Morgan fingerprint density at radius 3 is 2.32 bits per heavy atom. The van der Waals surface area contributed by atoms with Crippen LogP contribution in [0.15, 0.2) is 48.5 Å². The smallest absolute Gasteiger partial charge is 0.309 e. The maximum atomic E-state index is 12.7. The highest BCUT2D eigenvalue weighted by Crippen LogP contribution is 2.23. The molecule has 5 heteroatoms. The Labute approximate surface area is 183 Å². The van der Waals surface area contributed by atoms with Crippen molar-refractivity contribution in [3.05, 3.63) is 82.2 Å². The number of carbonyl (C=O) groups is 2. The number of ketones is 1. The third-order valence-electron chi connectivity index (χ3n) is 5.50. The number of aryl methyl sites for hydroxylation is 4. The van der Waals surface area contributed by atoms with Crippen LogP contribution in [0.3, 0.4) is 0 Å². The zero-order valence-electron chi connectivity index (χ0n) is 18.8. The molecule has 0 bridgehead atoms. The van der Waals surface area contributed by atoms with Crippen LogP contribution in [0.4, 0.5) is 0 Å². The highest BCUT2D eigenvalue weighted by molar-refractivity contribution is 5.99. The van der Waals surface area contributed by atoms with Crippen LogP contribution < -0.4 is 4.74 Å². The van der Waals surface area contributed by atoms with Crippen LogP contribution >= 0.6 is 0 Å². The number of esters is 1. The molecule has 162 valence electrons. The van der Waals surface area contributed by atoms with Crippen molar-refractivity contribution in [3.8, 4) is 11.4 Å². The minimum Gasteiger partial charge on any atom is -0.493 e. The molecular formula is C26H29NO4. The second-order valence-corrected chi connectivity index (χ2v) is 7.84. The molecule has 0 radical (unpaired) electrons. The molecule has 0 unspecified atom stereocenters. The lowest BCUT2D eigenvalue weighted by atomic mass is 10.1. The largest absolute Gasteiger partial charge is 0.493 e. The standard InChI is InChI=1S/C26H29NO4/c1-17-10-11-22(14-19(17)3)27-20(4)15-23(21(27)5)24(28)16-31-26(29)12-13-30-25-9-7-6-8-18(25)2/h6-11,14-15H,12-13,16H2,1-5H3. The van der Waals surface area contributed by atoms with E-state index in [-0.39, 0.29) is 25.4 Å². The van der Waals surface area contributed by atoms with E-state index < -0.39 is 5.97 Å². The van der Waals surface area contributed by atoms with E-state index in [0.29, 0.717) is 5.56 Å². The Kier molecular flexibility index (Phi) is 6.95. The van der Waals surface area contributed by atoms with Gasteiger partial charge in [-0.05, 0) is 75.6 Å². The summed E-state index contributed by atoms with van der Waals surface area (Å²) in [6.07, 6.45) is 0.0866. The Hall–Kier alpha value is -3.34. The number of Topliss-reactive ketones (excluding diaryl/α,β-unsaturated/α-hetero) is 1. The summed E-state index contributed by atoms with van der Waals surface area (Å²) in [5, 5.41) is 0. The van der Waals surface area contributed by atoms with Crippen LogP contribution in [0.25, 0.3) is 5.69 Å². The summed E-state index contributed by atoms with van der Waals surface area (Å²) in [5.41, 5.74) is 6.81. The minimum atomic E-state index is -0.454. The van der Waals surface area contributed by atoms with Gasteiger partial charge in [0.25, 0.3) is 0 Å². The normalized spacial score (nSPS) is 10.7. The number of hydrogen-bond donors (Lipinski definition) is 0. The van der Waals surface area contributed by atoms with Crippen LogP contribution in [-0.4, -0.2) is 29.5 Å². The van der Waals surface area contributed by atoms with E-state index in [1.165, 1.54) is 11.1 Å². The summed E-state index contributed by atoms with van der Waals surface area (Å²) in [7, 11) is 0. The van der Waals surface area contributed by atoms with E-state index in [0.717, 1.165) is 28.4 Å². The quantitative estimate of drug-likeness (QED) is 0.371. The maximum Gasteiger partial charge on any atom is 0.309 e. The predicted molar refractivity (Wildman–Crippen MR) is 121 cm³/mol. The summed E-state index contributed by atoms with van der Waals surface area (Å²) in [5.74, 6) is 0.0754. The molecule has 3 rings (SSSR count). The van der Waals surface area contributed by atoms with Gasteiger partial charge in [0.05, 0.1) is 13.0 Å². The molecule has 5 nitrogen and oxygen atoms in total. The van der Waals surface area contributed by atoms with E-state index in [4.69, 9.17) is 9.47 Å². The van der Waals surface area contributed by atoms with Gasteiger partial charge >= 0.3 is 5.97 Å². The van der Waals surface area contributed by atoms with Gasteiger partial charge < -0.3 is 14.0 Å².